The molecule has 1 saturated carbocycles. The van der Waals surface area contributed by atoms with E-state index < -0.39 is 43.6 Å². The van der Waals surface area contributed by atoms with Gasteiger partial charge in [0.25, 0.3) is 5.91 Å². The lowest BCUT2D eigenvalue weighted by molar-refractivity contribution is -0.149. The summed E-state index contributed by atoms with van der Waals surface area (Å²) in [4.78, 5) is 54.1. The number of methoxy groups -OCH3 is 1. The number of ether oxygens (including phenoxy) is 3. The van der Waals surface area contributed by atoms with Gasteiger partial charge in [0.15, 0.2) is 0 Å². The number of hydrogen-bond donors (Lipinski definition) is 6. The molecule has 3 aromatic rings. The van der Waals surface area contributed by atoms with Gasteiger partial charge < -0.3 is 30.0 Å². The molecule has 0 bridgehead atoms. The van der Waals surface area contributed by atoms with Crippen LogP contribution in [0.4, 0.5) is 10.5 Å². The Labute approximate surface area is 275 Å². The highest BCUT2D eigenvalue weighted by Gasteiger charge is 2.34. The van der Waals surface area contributed by atoms with Crippen LogP contribution in [-0.4, -0.2) is 65.3 Å². The van der Waals surface area contributed by atoms with Crippen molar-refractivity contribution in [3.05, 3.63) is 53.2 Å². The van der Waals surface area contributed by atoms with E-state index >= 15 is 0 Å². The highest BCUT2D eigenvalue weighted by Crippen LogP contribution is 2.38. The molecule has 252 valence electrons. The smallest absolute Gasteiger partial charge is 0.323 e. The molecule has 3 amide bonds. The summed E-state index contributed by atoms with van der Waals surface area (Å²) in [6.07, 6.45) is 2.90. The van der Waals surface area contributed by atoms with E-state index in [4.69, 9.17) is 25.8 Å². The van der Waals surface area contributed by atoms with Gasteiger partial charge in [0, 0.05) is 29.8 Å². The van der Waals surface area contributed by atoms with Crippen molar-refractivity contribution in [1.29, 1.82) is 0 Å². The second kappa shape index (κ2) is 15.0. The van der Waals surface area contributed by atoms with E-state index in [9.17, 15) is 28.8 Å². The first-order chi connectivity index (χ1) is 22.2. The van der Waals surface area contributed by atoms with E-state index in [1.807, 2.05) is 0 Å². The Morgan fingerprint density at radius 3 is 2.32 bits per heavy atom. The number of carboxylic acid groups (broad SMARTS) is 1. The first kappa shape index (κ1) is 35.4. The molecule has 4 rings (SSSR count). The zero-order valence-electron chi connectivity index (χ0n) is 26.3. The van der Waals surface area contributed by atoms with Gasteiger partial charge in [-0.15, -0.1) is 0 Å². The largest absolute Gasteiger partial charge is 0.496 e. The van der Waals surface area contributed by atoms with Crippen LogP contribution in [0.15, 0.2) is 42.6 Å². The van der Waals surface area contributed by atoms with Crippen LogP contribution in [0.25, 0.3) is 10.9 Å². The van der Waals surface area contributed by atoms with Crippen LogP contribution in [0.2, 0.25) is 5.02 Å². The molecule has 15 nitrogen and oxygen atoms in total. The quantitative estimate of drug-likeness (QED) is 0.0996. The number of fused-ring (bicyclic) bond motifs is 1. The normalized spacial score (nSPS) is 15.2. The summed E-state index contributed by atoms with van der Waals surface area (Å²) >= 11 is 6.41. The maximum Gasteiger partial charge on any atom is 0.323 e. The van der Waals surface area contributed by atoms with E-state index in [2.05, 4.69) is 30.9 Å². The maximum absolute atomic E-state index is 13.9. The molecule has 1 aliphatic rings. The van der Waals surface area contributed by atoms with Gasteiger partial charge in [-0.25, -0.2) is 15.0 Å². The predicted octanol–water partition coefficient (Wildman–Crippen LogP) is 4.80. The summed E-state index contributed by atoms with van der Waals surface area (Å²) in [7, 11) is -2.99. The number of anilines is 1. The van der Waals surface area contributed by atoms with E-state index in [0.717, 1.165) is 12.8 Å². The standard InChI is InChI=1S/C30H36ClN6O9P/c1-15(2)45-29(41)17(4)36-47(43,35-16(3)28(39)40)37-27(38)21-13-20-24(14-26(21)44-5)32-11-10-25(20)46-19-8-9-23(22(31)12-19)34-30(42)33-18-6-7-18/h8-18H,6-7H2,1-5H3,(H,39,40)(H2,33,34,42)(H3,35,36,37,38,43)/t16-,17-,47?/m0/s1. The molecule has 47 heavy (non-hydrogen) atoms. The summed E-state index contributed by atoms with van der Waals surface area (Å²) in [5, 5.41) is 22.7. The van der Waals surface area contributed by atoms with Gasteiger partial charge in [0.1, 0.15) is 29.3 Å². The SMILES string of the molecule is COc1cc2nccc(Oc3ccc(NC(=O)NC4CC4)c(Cl)c3)c2cc1C(=O)NP(=O)(N[C@@H](C)C(=O)O)N[C@@H](C)C(=O)OC(C)C. The number of hydrogen-bond acceptors (Lipinski definition) is 9. The second-order valence-corrected chi connectivity index (χ2v) is 13.4. The molecule has 0 saturated heterocycles. The maximum atomic E-state index is 13.9. The third-order valence-corrected chi connectivity index (χ3v) is 9.01. The predicted molar refractivity (Wildman–Crippen MR) is 174 cm³/mol. The van der Waals surface area contributed by atoms with Crippen LogP contribution >= 0.6 is 19.2 Å². The number of esters is 1. The monoisotopic (exact) mass is 690 g/mol. The number of nitrogens with zero attached hydrogens (tertiary/aromatic N) is 1. The van der Waals surface area contributed by atoms with E-state index in [-0.39, 0.29) is 34.2 Å². The Morgan fingerprint density at radius 2 is 1.70 bits per heavy atom. The molecule has 0 aliphatic heterocycles. The third kappa shape index (κ3) is 9.55. The molecule has 1 aliphatic carbocycles. The number of halogens is 1. The number of aromatic nitrogens is 1. The molecule has 2 aromatic carbocycles. The van der Waals surface area contributed by atoms with Crippen molar-refractivity contribution >= 4 is 59.7 Å². The molecule has 0 radical (unpaired) electrons. The average molecular weight is 691 g/mol. The van der Waals surface area contributed by atoms with Crippen LogP contribution in [-0.2, 0) is 18.9 Å². The molecule has 0 spiro atoms. The summed E-state index contributed by atoms with van der Waals surface area (Å²) in [5.74, 6) is -2.38. The van der Waals surface area contributed by atoms with Crippen molar-refractivity contribution in [2.75, 3.05) is 12.4 Å². The lowest BCUT2D eigenvalue weighted by atomic mass is 10.1. The van der Waals surface area contributed by atoms with Gasteiger partial charge in [-0.2, -0.15) is 0 Å². The minimum Gasteiger partial charge on any atom is -0.496 e. The van der Waals surface area contributed by atoms with Crippen molar-refractivity contribution in [2.45, 2.75) is 64.8 Å². The highest BCUT2D eigenvalue weighted by molar-refractivity contribution is 7.58. The first-order valence-corrected chi connectivity index (χ1v) is 16.7. The molecular formula is C30H36ClN6O9P. The van der Waals surface area contributed by atoms with Gasteiger partial charge in [-0.05, 0) is 64.8 Å². The zero-order chi connectivity index (χ0) is 34.5. The summed E-state index contributed by atoms with van der Waals surface area (Å²) in [5.41, 5.74) is 0.679. The number of rotatable bonds is 14. The van der Waals surface area contributed by atoms with Crippen LogP contribution in [0.3, 0.4) is 0 Å². The molecule has 1 heterocycles. The molecule has 1 fully saturated rings. The van der Waals surface area contributed by atoms with Gasteiger partial charge >= 0.3 is 25.6 Å². The number of pyridine rings is 1. The topological polar surface area (TPSA) is 206 Å². The van der Waals surface area contributed by atoms with E-state index in [1.54, 1.807) is 32.0 Å². The Balaban J connectivity index is 1.62. The van der Waals surface area contributed by atoms with Gasteiger partial charge in [0.2, 0.25) is 0 Å². The number of carboxylic acids is 1. The number of nitrogens with one attached hydrogen (secondary N) is 5. The Kier molecular flexibility index (Phi) is 11.3. The summed E-state index contributed by atoms with van der Waals surface area (Å²) in [6, 6.07) is 6.38. The molecule has 17 heteroatoms. The Bertz CT molecular complexity index is 1740. The number of benzene rings is 2. The molecule has 1 aromatic heterocycles. The summed E-state index contributed by atoms with van der Waals surface area (Å²) < 4.78 is 30.6. The number of carbonyl (C=O) groups is 4. The van der Waals surface area contributed by atoms with Crippen molar-refractivity contribution in [1.82, 2.24) is 25.6 Å². The molecule has 6 N–H and O–H groups in total. The zero-order valence-corrected chi connectivity index (χ0v) is 27.9. The lowest BCUT2D eigenvalue weighted by Gasteiger charge is -2.26. The minimum atomic E-state index is -4.32. The average Bonchev–Trinajstić information content (AvgIpc) is 3.81. The van der Waals surface area contributed by atoms with Gasteiger partial charge in [-0.1, -0.05) is 11.6 Å². The fourth-order valence-corrected chi connectivity index (χ4v) is 6.37. The van der Waals surface area contributed by atoms with Crippen LogP contribution in [0, 0.1) is 0 Å². The number of carbonyl (C=O) groups excluding carboxylic acids is 3. The fourth-order valence-electron chi connectivity index (χ4n) is 4.24. The van der Waals surface area contributed by atoms with E-state index in [1.165, 1.54) is 45.4 Å². The Hall–Kier alpha value is -4.43. The van der Waals surface area contributed by atoms with Crippen LogP contribution in [0.1, 0.15) is 50.9 Å². The Morgan fingerprint density at radius 1 is 1.00 bits per heavy atom. The minimum absolute atomic E-state index is 0.0627. The molecule has 3 atom stereocenters. The molecule has 1 unspecified atom stereocenters. The summed E-state index contributed by atoms with van der Waals surface area (Å²) in [6.45, 7) is 5.85. The van der Waals surface area contributed by atoms with Crippen LogP contribution in [0.5, 0.6) is 17.2 Å². The first-order valence-electron chi connectivity index (χ1n) is 14.6. The van der Waals surface area contributed by atoms with Crippen molar-refractivity contribution in [3.63, 3.8) is 0 Å². The molecular weight excluding hydrogens is 655 g/mol. The number of aliphatic carboxylic acids is 1. The highest BCUT2D eigenvalue weighted by atomic mass is 35.5. The second-order valence-electron chi connectivity index (χ2n) is 11.1. The van der Waals surface area contributed by atoms with Crippen LogP contribution < -0.4 is 35.4 Å². The van der Waals surface area contributed by atoms with E-state index in [0.29, 0.717) is 22.3 Å². The fraction of sp³-hybridized carbons (Fsp3) is 0.367. The van der Waals surface area contributed by atoms with Crippen molar-refractivity contribution in [3.8, 4) is 17.2 Å². The third-order valence-electron chi connectivity index (χ3n) is 6.68. The number of amides is 3. The number of urea groups is 1. The van der Waals surface area contributed by atoms with Crippen molar-refractivity contribution < 1.29 is 43.1 Å². The van der Waals surface area contributed by atoms with Gasteiger partial charge in [-0.3, -0.25) is 29.0 Å². The van der Waals surface area contributed by atoms with Crippen molar-refractivity contribution in [2.24, 2.45) is 0 Å². The lowest BCUT2D eigenvalue weighted by Crippen LogP contribution is -2.46. The van der Waals surface area contributed by atoms with Gasteiger partial charge in [0.05, 0.1) is 35.0 Å².